The molecule has 1 aromatic rings. The third-order valence-electron chi connectivity index (χ3n) is 2.48. The fourth-order valence-electron chi connectivity index (χ4n) is 1.29. The molecule has 0 bridgehead atoms. The first kappa shape index (κ1) is 11.7. The van der Waals surface area contributed by atoms with Crippen molar-refractivity contribution in [3.8, 4) is 0 Å². The second-order valence-corrected chi connectivity index (χ2v) is 3.65. The number of carbonyl (C=O) groups excluding carboxylic acids is 1. The predicted octanol–water partition coefficient (Wildman–Crippen LogP) is 1.47. The first-order valence-corrected chi connectivity index (χ1v) is 5.17. The van der Waals surface area contributed by atoms with Crippen molar-refractivity contribution < 1.29 is 4.79 Å². The van der Waals surface area contributed by atoms with Gasteiger partial charge in [-0.05, 0) is 26.5 Å². The van der Waals surface area contributed by atoms with Gasteiger partial charge >= 0.3 is 0 Å². The number of amides is 1. The van der Waals surface area contributed by atoms with Gasteiger partial charge < -0.3 is 10.6 Å². The fraction of sp³-hybridized carbons (Fsp3) is 0.417. The first-order valence-electron chi connectivity index (χ1n) is 5.17. The monoisotopic (exact) mass is 206 g/mol. The van der Waals surface area contributed by atoms with Crippen LogP contribution in [-0.4, -0.2) is 19.0 Å². The van der Waals surface area contributed by atoms with Gasteiger partial charge in [-0.25, -0.2) is 0 Å². The van der Waals surface area contributed by atoms with E-state index in [2.05, 4.69) is 10.6 Å². The maximum Gasteiger partial charge on any atom is 0.237 e. The van der Waals surface area contributed by atoms with Crippen LogP contribution in [0.25, 0.3) is 0 Å². The molecule has 0 aliphatic carbocycles. The third kappa shape index (κ3) is 3.36. The van der Waals surface area contributed by atoms with Gasteiger partial charge in [-0.15, -0.1) is 0 Å². The van der Waals surface area contributed by atoms with E-state index in [1.165, 1.54) is 0 Å². The number of nitrogens with one attached hydrogen (secondary N) is 2. The highest BCUT2D eigenvalue weighted by Gasteiger charge is 2.13. The van der Waals surface area contributed by atoms with Crippen LogP contribution in [0, 0.1) is 0 Å². The standard InChI is InChI=1S/C12H18N2O/c1-9(11-7-5-4-6-8-11)14-12(15)10(2)13-3/h4-10,13H,1-3H3,(H,14,15)/t9-,10+/m1/s1. The maximum absolute atomic E-state index is 11.6. The normalized spacial score (nSPS) is 14.3. The van der Waals surface area contributed by atoms with E-state index in [0.717, 1.165) is 5.56 Å². The Balaban J connectivity index is 2.56. The van der Waals surface area contributed by atoms with E-state index >= 15 is 0 Å². The summed E-state index contributed by atoms with van der Waals surface area (Å²) in [6.07, 6.45) is 0. The van der Waals surface area contributed by atoms with E-state index < -0.39 is 0 Å². The van der Waals surface area contributed by atoms with Crippen LogP contribution in [0.5, 0.6) is 0 Å². The van der Waals surface area contributed by atoms with E-state index in [0.29, 0.717) is 0 Å². The quantitative estimate of drug-likeness (QED) is 0.783. The summed E-state index contributed by atoms with van der Waals surface area (Å²) in [4.78, 5) is 11.6. The SMILES string of the molecule is CN[C@@H](C)C(=O)N[C@H](C)c1ccccc1. The summed E-state index contributed by atoms with van der Waals surface area (Å²) in [5, 5.41) is 5.85. The van der Waals surface area contributed by atoms with Crippen LogP contribution in [-0.2, 0) is 4.79 Å². The van der Waals surface area contributed by atoms with Crippen LogP contribution in [0.3, 0.4) is 0 Å². The van der Waals surface area contributed by atoms with Gasteiger partial charge in [0.25, 0.3) is 0 Å². The molecule has 1 amide bonds. The highest BCUT2D eigenvalue weighted by molar-refractivity contribution is 5.81. The number of hydrogen-bond donors (Lipinski definition) is 2. The average Bonchev–Trinajstić information content (AvgIpc) is 2.29. The summed E-state index contributed by atoms with van der Waals surface area (Å²) in [6.45, 7) is 3.82. The molecule has 0 saturated carbocycles. The zero-order chi connectivity index (χ0) is 11.3. The molecule has 0 aliphatic heterocycles. The number of carbonyl (C=O) groups is 1. The van der Waals surface area contributed by atoms with Gasteiger partial charge in [-0.2, -0.15) is 0 Å². The largest absolute Gasteiger partial charge is 0.348 e. The highest BCUT2D eigenvalue weighted by atomic mass is 16.2. The summed E-state index contributed by atoms with van der Waals surface area (Å²) in [5.41, 5.74) is 1.12. The molecule has 0 heterocycles. The summed E-state index contributed by atoms with van der Waals surface area (Å²) in [6, 6.07) is 9.82. The van der Waals surface area contributed by atoms with Crippen molar-refractivity contribution in [3.63, 3.8) is 0 Å². The summed E-state index contributed by atoms with van der Waals surface area (Å²) in [7, 11) is 1.78. The lowest BCUT2D eigenvalue weighted by Crippen LogP contribution is -2.41. The Labute approximate surface area is 90.9 Å². The van der Waals surface area contributed by atoms with E-state index in [1.54, 1.807) is 7.05 Å². The molecule has 0 aromatic heterocycles. The minimum absolute atomic E-state index is 0.0221. The summed E-state index contributed by atoms with van der Waals surface area (Å²) < 4.78 is 0. The van der Waals surface area contributed by atoms with Gasteiger partial charge in [0.2, 0.25) is 5.91 Å². The molecule has 2 atom stereocenters. The molecule has 1 aromatic carbocycles. The molecule has 0 radical (unpaired) electrons. The van der Waals surface area contributed by atoms with Crippen LogP contribution < -0.4 is 10.6 Å². The van der Waals surface area contributed by atoms with Crippen LogP contribution in [0.2, 0.25) is 0 Å². The van der Waals surface area contributed by atoms with Crippen molar-refractivity contribution in [1.82, 2.24) is 10.6 Å². The van der Waals surface area contributed by atoms with Crippen molar-refractivity contribution in [2.75, 3.05) is 7.05 Å². The number of hydrogen-bond acceptors (Lipinski definition) is 2. The Morgan fingerprint density at radius 2 is 1.80 bits per heavy atom. The lowest BCUT2D eigenvalue weighted by Gasteiger charge is -2.17. The van der Waals surface area contributed by atoms with Crippen LogP contribution in [0.1, 0.15) is 25.5 Å². The van der Waals surface area contributed by atoms with Crippen molar-refractivity contribution in [2.45, 2.75) is 25.9 Å². The second-order valence-electron chi connectivity index (χ2n) is 3.65. The van der Waals surface area contributed by atoms with Gasteiger partial charge in [0.1, 0.15) is 0 Å². The third-order valence-corrected chi connectivity index (χ3v) is 2.48. The first-order chi connectivity index (χ1) is 7.15. The number of rotatable bonds is 4. The molecule has 0 unspecified atom stereocenters. The molecule has 15 heavy (non-hydrogen) atoms. The topological polar surface area (TPSA) is 41.1 Å². The molecule has 0 saturated heterocycles. The van der Waals surface area contributed by atoms with E-state index in [-0.39, 0.29) is 18.0 Å². The van der Waals surface area contributed by atoms with Gasteiger partial charge in [0.05, 0.1) is 12.1 Å². The van der Waals surface area contributed by atoms with Gasteiger partial charge in [-0.3, -0.25) is 4.79 Å². The van der Waals surface area contributed by atoms with Crippen LogP contribution >= 0.6 is 0 Å². The van der Waals surface area contributed by atoms with E-state index in [9.17, 15) is 4.79 Å². The van der Waals surface area contributed by atoms with Crippen molar-refractivity contribution in [3.05, 3.63) is 35.9 Å². The smallest absolute Gasteiger partial charge is 0.237 e. The molecule has 2 N–H and O–H groups in total. The summed E-state index contributed by atoms with van der Waals surface area (Å²) in [5.74, 6) is 0.0221. The maximum atomic E-state index is 11.6. The Morgan fingerprint density at radius 1 is 1.20 bits per heavy atom. The molecule has 0 spiro atoms. The Hall–Kier alpha value is -1.35. The Bertz CT molecular complexity index is 311. The van der Waals surface area contributed by atoms with Gasteiger partial charge in [0.15, 0.2) is 0 Å². The zero-order valence-electron chi connectivity index (χ0n) is 9.45. The van der Waals surface area contributed by atoms with Crippen molar-refractivity contribution in [2.24, 2.45) is 0 Å². The molecular weight excluding hydrogens is 188 g/mol. The van der Waals surface area contributed by atoms with E-state index in [1.807, 2.05) is 44.2 Å². The van der Waals surface area contributed by atoms with Crippen molar-refractivity contribution >= 4 is 5.91 Å². The van der Waals surface area contributed by atoms with Gasteiger partial charge in [0, 0.05) is 0 Å². The minimum Gasteiger partial charge on any atom is -0.348 e. The zero-order valence-corrected chi connectivity index (χ0v) is 9.45. The lowest BCUT2D eigenvalue weighted by molar-refractivity contribution is -0.123. The molecular formula is C12H18N2O. The number of benzene rings is 1. The fourth-order valence-corrected chi connectivity index (χ4v) is 1.29. The Morgan fingerprint density at radius 3 is 2.33 bits per heavy atom. The predicted molar refractivity (Wildman–Crippen MR) is 61.5 cm³/mol. The molecule has 0 fully saturated rings. The van der Waals surface area contributed by atoms with Crippen molar-refractivity contribution in [1.29, 1.82) is 0 Å². The van der Waals surface area contributed by atoms with Crippen LogP contribution in [0.15, 0.2) is 30.3 Å². The molecule has 3 heteroatoms. The molecule has 3 nitrogen and oxygen atoms in total. The second kappa shape index (κ2) is 5.51. The van der Waals surface area contributed by atoms with E-state index in [4.69, 9.17) is 0 Å². The van der Waals surface area contributed by atoms with Crippen LogP contribution in [0.4, 0.5) is 0 Å². The molecule has 0 aliphatic rings. The minimum atomic E-state index is -0.156. The number of likely N-dealkylation sites (N-methyl/N-ethyl adjacent to an activating group) is 1. The highest BCUT2D eigenvalue weighted by Crippen LogP contribution is 2.10. The molecule has 82 valence electrons. The molecule has 1 rings (SSSR count). The summed E-state index contributed by atoms with van der Waals surface area (Å²) >= 11 is 0. The lowest BCUT2D eigenvalue weighted by atomic mass is 10.1. The van der Waals surface area contributed by atoms with Gasteiger partial charge in [-0.1, -0.05) is 30.3 Å². The average molecular weight is 206 g/mol. The Kier molecular flexibility index (Phi) is 4.31.